The van der Waals surface area contributed by atoms with E-state index in [0.29, 0.717) is 11.6 Å². The SMILES string of the molecule is CC(=O)NCCC[Si](C)(C)C.CC(=O)NCCC[Si](C)(C)C.CC(=O)NCCC[Si]12OC(C)C(O1)C(C)O2.CC(=O)ON1C(=O)CCC1=O.C[Si](C)(C)CCCN. The molecule has 0 aliphatic carbocycles. The molecule has 2 atom stereocenters. The number of nitrogens with one attached hydrogen (secondary N) is 3. The van der Waals surface area contributed by atoms with Crippen molar-refractivity contribution in [3.63, 3.8) is 0 Å². The van der Waals surface area contributed by atoms with Crippen LogP contribution >= 0.6 is 0 Å². The fourth-order valence-corrected chi connectivity index (χ4v) is 12.6. The van der Waals surface area contributed by atoms with Gasteiger partial charge in [0.25, 0.3) is 11.8 Å². The van der Waals surface area contributed by atoms with E-state index in [9.17, 15) is 28.8 Å². The summed E-state index contributed by atoms with van der Waals surface area (Å²) >= 11 is 0. The van der Waals surface area contributed by atoms with Crippen molar-refractivity contribution in [1.82, 2.24) is 21.0 Å². The Bertz CT molecular complexity index is 1180. The van der Waals surface area contributed by atoms with Crippen LogP contribution in [-0.4, -0.2) is 118 Å². The summed E-state index contributed by atoms with van der Waals surface area (Å²) in [6.45, 7) is 34.3. The second kappa shape index (κ2) is 28.2. The van der Waals surface area contributed by atoms with Crippen molar-refractivity contribution < 1.29 is 46.9 Å². The molecule has 3 fully saturated rings. The lowest BCUT2D eigenvalue weighted by Gasteiger charge is -2.26. The maximum Gasteiger partial charge on any atom is 0.502 e. The molecule has 3 aliphatic heterocycles. The van der Waals surface area contributed by atoms with Crippen molar-refractivity contribution in [2.24, 2.45) is 5.73 Å². The fourth-order valence-electron chi connectivity index (χ4n) is 5.50. The number of amides is 5. The van der Waals surface area contributed by atoms with Gasteiger partial charge < -0.3 is 39.8 Å². The Morgan fingerprint density at radius 1 is 0.649 bits per heavy atom. The van der Waals surface area contributed by atoms with Crippen molar-refractivity contribution in [3.05, 3.63) is 0 Å². The lowest BCUT2D eigenvalue weighted by atomic mass is 10.1. The van der Waals surface area contributed by atoms with Crippen molar-refractivity contribution in [2.75, 3.05) is 26.2 Å². The van der Waals surface area contributed by atoms with E-state index in [1.807, 2.05) is 13.8 Å². The second-order valence-corrected chi connectivity index (χ2v) is 37.8. The molecule has 0 radical (unpaired) electrons. The number of nitrogens with two attached hydrogens (primary N) is 1. The molecule has 57 heavy (non-hydrogen) atoms. The minimum Gasteiger partial charge on any atom is -0.368 e. The van der Waals surface area contributed by atoms with Gasteiger partial charge >= 0.3 is 14.8 Å². The van der Waals surface area contributed by atoms with Gasteiger partial charge in [0.1, 0.15) is 0 Å². The van der Waals surface area contributed by atoms with E-state index in [1.165, 1.54) is 31.5 Å². The van der Waals surface area contributed by atoms with Gasteiger partial charge in [0.15, 0.2) is 0 Å². The monoisotopic (exact) mass is 880 g/mol. The highest BCUT2D eigenvalue weighted by molar-refractivity contribution is 6.76. The third kappa shape index (κ3) is 32.3. The lowest BCUT2D eigenvalue weighted by Crippen LogP contribution is -2.44. The van der Waals surface area contributed by atoms with Gasteiger partial charge in [-0.3, -0.25) is 24.0 Å². The Hall–Kier alpha value is -2.27. The van der Waals surface area contributed by atoms with Crippen molar-refractivity contribution >= 4 is 68.5 Å². The van der Waals surface area contributed by atoms with Gasteiger partial charge in [-0.15, -0.1) is 5.06 Å². The Labute approximate surface area is 348 Å². The van der Waals surface area contributed by atoms with Crippen LogP contribution in [0.5, 0.6) is 0 Å². The third-order valence-corrected chi connectivity index (χ3v) is 16.9. The van der Waals surface area contributed by atoms with E-state index in [-0.39, 0.29) is 48.9 Å². The number of nitrogens with zero attached hydrogens (tertiary/aromatic N) is 1. The van der Waals surface area contributed by atoms with Crippen LogP contribution in [0.2, 0.25) is 83.1 Å². The van der Waals surface area contributed by atoms with E-state index in [2.05, 4.69) is 79.7 Å². The van der Waals surface area contributed by atoms with Gasteiger partial charge in [-0.2, -0.15) is 0 Å². The van der Waals surface area contributed by atoms with Gasteiger partial charge in [0.05, 0.1) is 18.3 Å². The van der Waals surface area contributed by atoms with Crippen LogP contribution < -0.4 is 21.7 Å². The number of hydrogen-bond acceptors (Lipinski definition) is 11. The molecule has 5 N–H and O–H groups in total. The average Bonchev–Trinajstić information content (AvgIpc) is 3.67. The molecule has 0 aromatic rings. The summed E-state index contributed by atoms with van der Waals surface area (Å²) in [5.74, 6) is -1.40. The molecule has 3 heterocycles. The van der Waals surface area contributed by atoms with Gasteiger partial charge in [-0.25, -0.2) is 4.79 Å². The molecule has 3 saturated heterocycles. The molecular weight excluding hydrogens is 799 g/mol. The van der Waals surface area contributed by atoms with E-state index in [1.54, 1.807) is 13.8 Å². The van der Waals surface area contributed by atoms with Crippen LogP contribution in [0, 0.1) is 0 Å². The molecule has 2 bridgehead atoms. The second-order valence-electron chi connectivity index (χ2n) is 18.4. The van der Waals surface area contributed by atoms with E-state index < -0.39 is 50.8 Å². The topological polar surface area (TPSA) is 205 Å². The predicted molar refractivity (Wildman–Crippen MR) is 237 cm³/mol. The molecule has 15 nitrogen and oxygen atoms in total. The molecule has 3 rings (SSSR count). The predicted octanol–water partition coefficient (Wildman–Crippen LogP) is 5.66. The number of imide groups is 1. The van der Waals surface area contributed by atoms with Crippen molar-refractivity contribution in [1.29, 1.82) is 0 Å². The highest BCUT2D eigenvalue weighted by Gasteiger charge is 2.60. The molecule has 5 amide bonds. The zero-order valence-corrected chi connectivity index (χ0v) is 42.2. The van der Waals surface area contributed by atoms with Crippen molar-refractivity contribution in [3.8, 4) is 0 Å². The maximum absolute atomic E-state index is 10.7. The fraction of sp³-hybridized carbons (Fsp3) is 0.842. The Balaban J connectivity index is 0. The minimum absolute atomic E-state index is 0.000576. The molecule has 2 unspecified atom stereocenters. The summed E-state index contributed by atoms with van der Waals surface area (Å²) < 4.78 is 17.5. The summed E-state index contributed by atoms with van der Waals surface area (Å²) in [5.41, 5.74) is 5.36. The van der Waals surface area contributed by atoms with Gasteiger partial charge in [0.2, 0.25) is 17.7 Å². The zero-order chi connectivity index (χ0) is 44.6. The first-order chi connectivity index (χ1) is 26.0. The normalized spacial score (nSPS) is 21.0. The molecular formula is C38H81N5O10Si4. The smallest absolute Gasteiger partial charge is 0.368 e. The lowest BCUT2D eigenvalue weighted by molar-refractivity contribution is -0.195. The summed E-state index contributed by atoms with van der Waals surface area (Å²) in [6.07, 6.45) is 5.00. The van der Waals surface area contributed by atoms with Gasteiger partial charge in [-0.1, -0.05) is 77.1 Å². The van der Waals surface area contributed by atoms with E-state index in [4.69, 9.17) is 19.0 Å². The number of carbonyl (C=O) groups excluding carboxylic acids is 6. The summed E-state index contributed by atoms with van der Waals surface area (Å²) in [5, 5.41) is 8.88. The molecule has 19 heteroatoms. The summed E-state index contributed by atoms with van der Waals surface area (Å²) in [7, 11) is -4.90. The highest BCUT2D eigenvalue weighted by Crippen LogP contribution is 2.40. The average molecular weight is 880 g/mol. The minimum atomic E-state index is -2.38. The largest absolute Gasteiger partial charge is 0.502 e. The number of hydroxylamine groups is 2. The third-order valence-electron chi connectivity index (χ3n) is 8.32. The summed E-state index contributed by atoms with van der Waals surface area (Å²) in [4.78, 5) is 67.8. The van der Waals surface area contributed by atoms with E-state index in [0.717, 1.165) is 51.9 Å². The Morgan fingerprint density at radius 3 is 1.28 bits per heavy atom. The Morgan fingerprint density at radius 2 is 1.00 bits per heavy atom. The number of hydrogen-bond donors (Lipinski definition) is 4. The first-order valence-electron chi connectivity index (χ1n) is 20.5. The Kier molecular flexibility index (Phi) is 28.2. The van der Waals surface area contributed by atoms with Gasteiger partial charge in [-0.05, 0) is 46.1 Å². The van der Waals surface area contributed by atoms with Crippen LogP contribution in [0.25, 0.3) is 0 Å². The number of carbonyl (C=O) groups is 6. The van der Waals surface area contributed by atoms with Crippen LogP contribution in [-0.2, 0) is 46.9 Å². The first kappa shape index (κ1) is 56.8. The number of fused-ring (bicyclic) bond motifs is 2. The summed E-state index contributed by atoms with van der Waals surface area (Å²) in [6, 6.07) is 4.77. The standard InChI is InChI=1S/C10H19NO4Si.2C8H19NOSi.C6H7NO4.C6H17NSi/c1-7-10-8(2)14-16(13-7,15-10)6-4-5-11-9(3)12;2*1-8(10)9-6-5-7-11(2,3)4;1-4(8)11-7-5(9)2-3-6(7)10;1-8(2,3)6-4-5-7/h7-8,10H,4-6H2,1-3H3,(H,11,12);2*5-7H2,1-4H3,(H,9,10);2-3H2,1H3;4-7H2,1-3H3. The zero-order valence-electron chi connectivity index (χ0n) is 38.2. The quantitative estimate of drug-likeness (QED) is 0.0846. The van der Waals surface area contributed by atoms with Crippen LogP contribution in [0.4, 0.5) is 0 Å². The maximum atomic E-state index is 10.7. The number of rotatable bonds is 16. The molecule has 3 aliphatic rings. The first-order valence-corrected chi connectivity index (χ1v) is 33.6. The molecule has 0 aromatic carbocycles. The molecule has 0 saturated carbocycles. The molecule has 0 spiro atoms. The highest BCUT2D eigenvalue weighted by atomic mass is 28.4. The van der Waals surface area contributed by atoms with Crippen LogP contribution in [0.15, 0.2) is 0 Å². The molecule has 334 valence electrons. The molecule has 0 aromatic heterocycles. The van der Waals surface area contributed by atoms with Gasteiger partial charge in [0, 0.05) is 90.4 Å². The van der Waals surface area contributed by atoms with Crippen molar-refractivity contribution in [2.45, 2.75) is 181 Å². The van der Waals surface area contributed by atoms with E-state index >= 15 is 0 Å². The van der Waals surface area contributed by atoms with Crippen LogP contribution in [0.3, 0.4) is 0 Å². The van der Waals surface area contributed by atoms with Crippen LogP contribution in [0.1, 0.15) is 80.1 Å².